The molecule has 4 aliphatic rings. The van der Waals surface area contributed by atoms with Gasteiger partial charge in [0, 0.05) is 17.1 Å². The maximum Gasteiger partial charge on any atom is 0.0465 e. The second kappa shape index (κ2) is 12.4. The summed E-state index contributed by atoms with van der Waals surface area (Å²) in [6.07, 6.45) is 22.7. The van der Waals surface area contributed by atoms with Crippen LogP contribution in [0, 0.1) is 12.3 Å². The van der Waals surface area contributed by atoms with Crippen LogP contribution in [-0.4, -0.2) is 0 Å². The van der Waals surface area contributed by atoms with E-state index in [2.05, 4.69) is 156 Å². The third-order valence-corrected chi connectivity index (χ3v) is 10.6. The number of fused-ring (bicyclic) bond motifs is 4. The molecule has 4 aliphatic carbocycles. The highest BCUT2D eigenvalue weighted by atomic mass is 15.1. The van der Waals surface area contributed by atoms with Gasteiger partial charge >= 0.3 is 0 Å². The molecule has 0 spiro atoms. The van der Waals surface area contributed by atoms with Crippen molar-refractivity contribution in [1.29, 1.82) is 0 Å². The van der Waals surface area contributed by atoms with Crippen LogP contribution in [0.1, 0.15) is 49.3 Å². The molecule has 0 aromatic heterocycles. The van der Waals surface area contributed by atoms with Crippen molar-refractivity contribution in [3.8, 4) is 45.7 Å². The zero-order valence-corrected chi connectivity index (χ0v) is 28.3. The Balaban J connectivity index is 1.26. The summed E-state index contributed by atoms with van der Waals surface area (Å²) in [6, 6.07) is 42.8. The van der Waals surface area contributed by atoms with Crippen LogP contribution in [0.2, 0.25) is 0 Å². The Kier molecular flexibility index (Phi) is 7.45. The van der Waals surface area contributed by atoms with Crippen LogP contribution in [0.25, 0.3) is 50.1 Å². The van der Waals surface area contributed by atoms with Gasteiger partial charge in [-0.2, -0.15) is 0 Å². The van der Waals surface area contributed by atoms with Crippen LogP contribution < -0.4 is 4.90 Å². The number of allylic oxidation sites excluding steroid dienone is 12. The molecule has 0 N–H and O–H groups in total. The predicted octanol–water partition coefficient (Wildman–Crippen LogP) is 13.0. The average molecular weight is 640 g/mol. The number of anilines is 2. The molecule has 5 aromatic rings. The van der Waals surface area contributed by atoms with Crippen molar-refractivity contribution in [2.45, 2.75) is 32.6 Å². The average Bonchev–Trinajstić information content (AvgIpc) is 3.28. The van der Waals surface area contributed by atoms with E-state index in [1.807, 2.05) is 13.0 Å². The standard InChI is InChI=1S/C49H37N/c1-3-13-33(14-4-2)35-25-27-37(28-26-35)50(38-18-10-17-36(31-38)34-15-6-5-7-16-34)39-29-30-41-44-22-12-23-45-46-24-11-21-43(49(46)47(41)32-39)40-19-8-9-20-42(40)48(44)45/h1,4-11,13-22,24-25,27,29-32H,12,23,26,28H2,2H3/b14-4-,33-13+. The Bertz CT molecular complexity index is 2430. The minimum Gasteiger partial charge on any atom is -0.314 e. The van der Waals surface area contributed by atoms with Crippen molar-refractivity contribution >= 4 is 28.1 Å². The summed E-state index contributed by atoms with van der Waals surface area (Å²) < 4.78 is 0. The van der Waals surface area contributed by atoms with Gasteiger partial charge in [-0.3, -0.25) is 0 Å². The summed E-state index contributed by atoms with van der Waals surface area (Å²) >= 11 is 0. The minimum absolute atomic E-state index is 0.897. The highest BCUT2D eigenvalue weighted by Crippen LogP contribution is 2.57. The van der Waals surface area contributed by atoms with Crippen molar-refractivity contribution in [3.05, 3.63) is 185 Å². The van der Waals surface area contributed by atoms with Gasteiger partial charge in [0.15, 0.2) is 0 Å². The van der Waals surface area contributed by atoms with E-state index in [4.69, 9.17) is 6.42 Å². The van der Waals surface area contributed by atoms with Gasteiger partial charge in [-0.05, 0) is 147 Å². The maximum absolute atomic E-state index is 5.72. The van der Waals surface area contributed by atoms with E-state index in [0.29, 0.717) is 0 Å². The van der Waals surface area contributed by atoms with Crippen LogP contribution in [0.15, 0.2) is 169 Å². The van der Waals surface area contributed by atoms with E-state index in [1.54, 1.807) is 0 Å². The van der Waals surface area contributed by atoms with E-state index >= 15 is 0 Å². The summed E-state index contributed by atoms with van der Waals surface area (Å²) in [5, 5.41) is 0. The van der Waals surface area contributed by atoms with Gasteiger partial charge in [0.2, 0.25) is 0 Å². The van der Waals surface area contributed by atoms with Gasteiger partial charge in [-0.25, -0.2) is 0 Å². The Morgan fingerprint density at radius 1 is 0.660 bits per heavy atom. The number of rotatable bonds is 6. The van der Waals surface area contributed by atoms with Crippen LogP contribution in [0.4, 0.5) is 11.4 Å². The van der Waals surface area contributed by atoms with Crippen molar-refractivity contribution in [3.63, 3.8) is 0 Å². The lowest BCUT2D eigenvalue weighted by molar-refractivity contribution is 0.885. The second-order valence-electron chi connectivity index (χ2n) is 13.4. The summed E-state index contributed by atoms with van der Waals surface area (Å²) in [6.45, 7) is 2.04. The molecule has 0 amide bonds. The molecule has 6 bridgehead atoms. The molecule has 50 heavy (non-hydrogen) atoms. The summed E-state index contributed by atoms with van der Waals surface area (Å²) in [7, 11) is 0. The maximum atomic E-state index is 5.72. The lowest BCUT2D eigenvalue weighted by atomic mass is 9.79. The Morgan fingerprint density at radius 2 is 1.42 bits per heavy atom. The highest BCUT2D eigenvalue weighted by Gasteiger charge is 2.34. The Labute approximate surface area is 295 Å². The van der Waals surface area contributed by atoms with Crippen LogP contribution in [0.5, 0.6) is 0 Å². The zero-order chi connectivity index (χ0) is 33.6. The summed E-state index contributed by atoms with van der Waals surface area (Å²) in [4.78, 5) is 2.48. The second-order valence-corrected chi connectivity index (χ2v) is 13.4. The Morgan fingerprint density at radius 3 is 2.24 bits per heavy atom. The summed E-state index contributed by atoms with van der Waals surface area (Å²) in [5.41, 5.74) is 22.0. The van der Waals surface area contributed by atoms with E-state index in [1.165, 1.54) is 83.7 Å². The van der Waals surface area contributed by atoms with Gasteiger partial charge in [-0.15, -0.1) is 6.42 Å². The molecule has 238 valence electrons. The molecule has 9 rings (SSSR count). The molecule has 0 radical (unpaired) electrons. The van der Waals surface area contributed by atoms with E-state index < -0.39 is 0 Å². The van der Waals surface area contributed by atoms with Crippen molar-refractivity contribution in [2.75, 3.05) is 4.90 Å². The number of nitrogens with zero attached hydrogens (tertiary/aromatic N) is 1. The van der Waals surface area contributed by atoms with Gasteiger partial charge in [0.25, 0.3) is 0 Å². The monoisotopic (exact) mass is 639 g/mol. The van der Waals surface area contributed by atoms with Gasteiger partial charge in [0.05, 0.1) is 0 Å². The number of hydrogen-bond donors (Lipinski definition) is 0. The zero-order valence-electron chi connectivity index (χ0n) is 28.3. The third kappa shape index (κ3) is 4.88. The van der Waals surface area contributed by atoms with Crippen molar-refractivity contribution < 1.29 is 0 Å². The fourth-order valence-corrected chi connectivity index (χ4v) is 8.45. The van der Waals surface area contributed by atoms with Gasteiger partial charge in [0.1, 0.15) is 0 Å². The lowest BCUT2D eigenvalue weighted by Gasteiger charge is -2.32. The molecule has 0 aliphatic heterocycles. The smallest absolute Gasteiger partial charge is 0.0465 e. The molecule has 1 nitrogen and oxygen atoms in total. The number of benzene rings is 5. The highest BCUT2D eigenvalue weighted by molar-refractivity contribution is 6.25. The quantitative estimate of drug-likeness (QED) is 0.132. The molecule has 0 heterocycles. The first-order valence-electron chi connectivity index (χ1n) is 17.7. The van der Waals surface area contributed by atoms with Crippen molar-refractivity contribution in [1.82, 2.24) is 0 Å². The largest absolute Gasteiger partial charge is 0.314 e. The molecule has 1 heteroatoms. The van der Waals surface area contributed by atoms with E-state index in [9.17, 15) is 0 Å². The molecule has 0 fully saturated rings. The SMILES string of the molecule is C#C/C=C(\C=C/C)C1=CC=C(N(c2cccc(-c3ccccc3)c2)c2ccc3c(c2)-c2c4cccc2-c2ccccc2C2=C4CCC=C23)CC1. The first-order valence-corrected chi connectivity index (χ1v) is 17.7. The number of hydrogen-bond acceptors (Lipinski definition) is 1. The minimum atomic E-state index is 0.897. The molecule has 0 saturated carbocycles. The van der Waals surface area contributed by atoms with Gasteiger partial charge in [-0.1, -0.05) is 121 Å². The van der Waals surface area contributed by atoms with E-state index in [-0.39, 0.29) is 0 Å². The third-order valence-electron chi connectivity index (χ3n) is 10.6. The van der Waals surface area contributed by atoms with Crippen LogP contribution in [-0.2, 0) is 0 Å². The Hall–Kier alpha value is -6.10. The first-order chi connectivity index (χ1) is 24.7. The molecular weight excluding hydrogens is 603 g/mol. The fraction of sp³-hybridized carbons (Fsp3) is 0.102. The lowest BCUT2D eigenvalue weighted by Crippen LogP contribution is -2.18. The summed E-state index contributed by atoms with van der Waals surface area (Å²) in [5.74, 6) is 2.74. The van der Waals surface area contributed by atoms with Gasteiger partial charge < -0.3 is 4.90 Å². The molecular formula is C49H37N. The number of terminal acetylenes is 1. The fourth-order valence-electron chi connectivity index (χ4n) is 8.45. The first kappa shape index (κ1) is 30.0. The molecule has 0 atom stereocenters. The van der Waals surface area contributed by atoms with Crippen molar-refractivity contribution in [2.24, 2.45) is 0 Å². The predicted molar refractivity (Wildman–Crippen MR) is 212 cm³/mol. The van der Waals surface area contributed by atoms with Crippen LogP contribution >= 0.6 is 0 Å². The van der Waals surface area contributed by atoms with Crippen LogP contribution in [0.3, 0.4) is 0 Å². The normalized spacial score (nSPS) is 15.7. The topological polar surface area (TPSA) is 3.24 Å². The molecule has 0 saturated heterocycles. The van der Waals surface area contributed by atoms with E-state index in [0.717, 1.165) is 36.9 Å². The molecule has 5 aromatic carbocycles. The molecule has 0 unspecified atom stereocenters.